The molecule has 0 bridgehead atoms. The first-order valence-corrected chi connectivity index (χ1v) is 13.0. The van der Waals surface area contributed by atoms with Crippen LogP contribution in [0.2, 0.25) is 0 Å². The fourth-order valence-corrected chi connectivity index (χ4v) is 5.46. The van der Waals surface area contributed by atoms with E-state index in [1.54, 1.807) is 31.2 Å². The maximum Gasteiger partial charge on any atom is 0.338 e. The van der Waals surface area contributed by atoms with Gasteiger partial charge in [0, 0.05) is 11.1 Å². The van der Waals surface area contributed by atoms with Crippen molar-refractivity contribution in [1.29, 1.82) is 0 Å². The molecule has 0 saturated heterocycles. The number of carbonyl (C=O) groups is 1. The van der Waals surface area contributed by atoms with Crippen molar-refractivity contribution in [2.24, 2.45) is 4.99 Å². The van der Waals surface area contributed by atoms with Crippen molar-refractivity contribution < 1.29 is 19.4 Å². The first-order valence-electron chi connectivity index (χ1n) is 12.1. The SMILES string of the molecule is CCOC(=O)C1=C(c2ccccc2)N=c2s/c(=C/c3cccc(OC)c3O)c(=O)n2C1c1ccc(C)cc1. The highest BCUT2D eigenvalue weighted by Gasteiger charge is 2.35. The average molecular weight is 527 g/mol. The molecule has 2 heterocycles. The van der Waals surface area contributed by atoms with Gasteiger partial charge in [0.15, 0.2) is 16.3 Å². The Morgan fingerprint density at radius 2 is 1.82 bits per heavy atom. The van der Waals surface area contributed by atoms with E-state index >= 15 is 0 Å². The highest BCUT2D eigenvalue weighted by Crippen LogP contribution is 2.35. The van der Waals surface area contributed by atoms with Crippen LogP contribution in [0.25, 0.3) is 11.8 Å². The van der Waals surface area contributed by atoms with E-state index in [1.165, 1.54) is 23.0 Å². The third-order valence-corrected chi connectivity index (χ3v) is 7.29. The molecule has 0 amide bonds. The maximum atomic E-state index is 13.9. The Labute approximate surface area is 223 Å². The van der Waals surface area contributed by atoms with Gasteiger partial charge in [-0.15, -0.1) is 0 Å². The van der Waals surface area contributed by atoms with Gasteiger partial charge in [-0.3, -0.25) is 9.36 Å². The molecule has 0 saturated carbocycles. The minimum atomic E-state index is -0.748. The predicted molar refractivity (Wildman–Crippen MR) is 147 cm³/mol. The molecule has 1 unspecified atom stereocenters. The largest absolute Gasteiger partial charge is 0.504 e. The molecule has 38 heavy (non-hydrogen) atoms. The van der Waals surface area contributed by atoms with Crippen LogP contribution >= 0.6 is 11.3 Å². The minimum Gasteiger partial charge on any atom is -0.504 e. The molecule has 1 aromatic heterocycles. The summed E-state index contributed by atoms with van der Waals surface area (Å²) >= 11 is 1.20. The van der Waals surface area contributed by atoms with Gasteiger partial charge in [-0.2, -0.15) is 0 Å². The molecule has 0 fully saturated rings. The first kappa shape index (κ1) is 25.2. The van der Waals surface area contributed by atoms with E-state index in [2.05, 4.69) is 0 Å². The maximum absolute atomic E-state index is 13.9. The van der Waals surface area contributed by atoms with Crippen LogP contribution < -0.4 is 19.6 Å². The number of hydrogen-bond donors (Lipinski definition) is 1. The van der Waals surface area contributed by atoms with E-state index in [4.69, 9.17) is 14.5 Å². The summed E-state index contributed by atoms with van der Waals surface area (Å²) in [6.07, 6.45) is 1.62. The van der Waals surface area contributed by atoms with Crippen LogP contribution in [0.4, 0.5) is 0 Å². The van der Waals surface area contributed by atoms with Crippen LogP contribution in [0.15, 0.2) is 88.2 Å². The van der Waals surface area contributed by atoms with Crippen LogP contribution in [-0.2, 0) is 9.53 Å². The zero-order valence-electron chi connectivity index (χ0n) is 21.2. The number of aryl methyl sites for hydroxylation is 1. The number of carbonyl (C=O) groups excluding carboxylic acids is 1. The summed E-state index contributed by atoms with van der Waals surface area (Å²) < 4.78 is 12.6. The number of aromatic nitrogens is 1. The summed E-state index contributed by atoms with van der Waals surface area (Å²) in [6.45, 7) is 3.91. The van der Waals surface area contributed by atoms with E-state index in [-0.39, 0.29) is 17.9 Å². The van der Waals surface area contributed by atoms with Crippen LogP contribution in [0.5, 0.6) is 11.5 Å². The molecular weight excluding hydrogens is 500 g/mol. The second-order valence-electron chi connectivity index (χ2n) is 8.74. The standard InChI is InChI=1S/C30H26N2O5S/c1-4-37-29(35)24-25(19-9-6-5-7-10-19)31-30-32(26(24)20-15-13-18(2)14-16-20)28(34)23(38-30)17-21-11-8-12-22(36-3)27(21)33/h5-17,26,33H,4H2,1-3H3/b23-17+. The van der Waals surface area contributed by atoms with Crippen molar-refractivity contribution in [1.82, 2.24) is 4.57 Å². The summed E-state index contributed by atoms with van der Waals surface area (Å²) in [5.74, 6) is -0.284. The first-order chi connectivity index (χ1) is 18.4. The molecule has 1 atom stereocenters. The van der Waals surface area contributed by atoms with Crippen molar-refractivity contribution in [2.45, 2.75) is 19.9 Å². The number of hydrogen-bond acceptors (Lipinski definition) is 7. The van der Waals surface area contributed by atoms with Gasteiger partial charge < -0.3 is 14.6 Å². The molecular formula is C30H26N2O5S. The van der Waals surface area contributed by atoms with Crippen LogP contribution in [-0.4, -0.2) is 29.4 Å². The molecule has 1 aliphatic heterocycles. The number of ether oxygens (including phenoxy) is 2. The molecule has 5 rings (SSSR count). The molecule has 0 aliphatic carbocycles. The molecule has 8 heteroatoms. The fraction of sp³-hybridized carbons (Fsp3) is 0.167. The lowest BCUT2D eigenvalue weighted by Crippen LogP contribution is -2.40. The van der Waals surface area contributed by atoms with E-state index in [9.17, 15) is 14.7 Å². The minimum absolute atomic E-state index is 0.0619. The zero-order chi connectivity index (χ0) is 26.8. The summed E-state index contributed by atoms with van der Waals surface area (Å²) in [5, 5.41) is 10.6. The highest BCUT2D eigenvalue weighted by atomic mass is 32.1. The number of aromatic hydroxyl groups is 1. The number of benzene rings is 3. The summed E-state index contributed by atoms with van der Waals surface area (Å²) in [6, 6.07) is 21.5. The van der Waals surface area contributed by atoms with E-state index < -0.39 is 12.0 Å². The number of methoxy groups -OCH3 is 1. The van der Waals surface area contributed by atoms with Gasteiger partial charge in [0.05, 0.1) is 35.6 Å². The Morgan fingerprint density at radius 1 is 1.08 bits per heavy atom. The van der Waals surface area contributed by atoms with Crippen molar-refractivity contribution in [3.8, 4) is 11.5 Å². The van der Waals surface area contributed by atoms with Crippen LogP contribution in [0, 0.1) is 6.92 Å². The average Bonchev–Trinajstić information content (AvgIpc) is 3.24. The number of thiazole rings is 1. The number of rotatable bonds is 6. The van der Waals surface area contributed by atoms with Gasteiger partial charge in [0.2, 0.25) is 0 Å². The third-order valence-electron chi connectivity index (χ3n) is 6.30. The number of nitrogens with zero attached hydrogens (tertiary/aromatic N) is 2. The van der Waals surface area contributed by atoms with Gasteiger partial charge in [-0.25, -0.2) is 9.79 Å². The molecule has 1 aliphatic rings. The summed E-state index contributed by atoms with van der Waals surface area (Å²) in [7, 11) is 1.47. The Morgan fingerprint density at radius 3 is 2.50 bits per heavy atom. The number of esters is 1. The fourth-order valence-electron chi connectivity index (χ4n) is 4.47. The number of phenolic OH excluding ortho intramolecular Hbond substituents is 1. The zero-order valence-corrected chi connectivity index (χ0v) is 22.0. The smallest absolute Gasteiger partial charge is 0.338 e. The lowest BCUT2D eigenvalue weighted by Gasteiger charge is -2.26. The summed E-state index contributed by atoms with van der Waals surface area (Å²) in [4.78, 5) is 32.6. The van der Waals surface area contributed by atoms with E-state index in [1.807, 2.05) is 61.5 Å². The topological polar surface area (TPSA) is 90.1 Å². The van der Waals surface area contributed by atoms with E-state index in [0.717, 1.165) is 16.7 Å². The molecule has 7 nitrogen and oxygen atoms in total. The Balaban J connectivity index is 1.83. The Kier molecular flexibility index (Phi) is 6.98. The molecule has 192 valence electrons. The van der Waals surface area contributed by atoms with E-state index in [0.29, 0.717) is 31.9 Å². The van der Waals surface area contributed by atoms with Crippen LogP contribution in [0.1, 0.15) is 35.2 Å². The highest BCUT2D eigenvalue weighted by molar-refractivity contribution is 7.07. The molecule has 0 radical (unpaired) electrons. The van der Waals surface area contributed by atoms with Gasteiger partial charge in [-0.1, -0.05) is 83.6 Å². The number of phenols is 1. The monoisotopic (exact) mass is 526 g/mol. The van der Waals surface area contributed by atoms with Crippen molar-refractivity contribution in [3.63, 3.8) is 0 Å². The quantitative estimate of drug-likeness (QED) is 0.384. The normalized spacial score (nSPS) is 15.1. The molecule has 1 N–H and O–H groups in total. The molecule has 4 aromatic rings. The third kappa shape index (κ3) is 4.54. The van der Waals surface area contributed by atoms with Gasteiger partial charge in [-0.05, 0) is 31.6 Å². The Hall–Kier alpha value is -4.43. The van der Waals surface area contributed by atoms with Crippen molar-refractivity contribution in [3.05, 3.63) is 120 Å². The predicted octanol–water partition coefficient (Wildman–Crippen LogP) is 3.96. The number of fused-ring (bicyclic) bond motifs is 1. The van der Waals surface area contributed by atoms with Gasteiger partial charge >= 0.3 is 5.97 Å². The molecule has 0 spiro atoms. The lowest BCUT2D eigenvalue weighted by atomic mass is 9.92. The van der Waals surface area contributed by atoms with Gasteiger partial charge in [0.25, 0.3) is 5.56 Å². The molecule has 3 aromatic carbocycles. The van der Waals surface area contributed by atoms with Crippen molar-refractivity contribution in [2.75, 3.05) is 13.7 Å². The van der Waals surface area contributed by atoms with Crippen molar-refractivity contribution >= 4 is 29.1 Å². The second-order valence-corrected chi connectivity index (χ2v) is 9.75. The second kappa shape index (κ2) is 10.5. The summed E-state index contributed by atoms with van der Waals surface area (Å²) in [5.41, 5.74) is 3.44. The van der Waals surface area contributed by atoms with Gasteiger partial charge in [0.1, 0.15) is 0 Å². The van der Waals surface area contributed by atoms with Crippen LogP contribution in [0.3, 0.4) is 0 Å². The lowest BCUT2D eigenvalue weighted by molar-refractivity contribution is -0.138. The number of para-hydroxylation sites is 1. The Bertz CT molecular complexity index is 1720.